The van der Waals surface area contributed by atoms with E-state index in [1.807, 2.05) is 13.0 Å². The van der Waals surface area contributed by atoms with Crippen molar-refractivity contribution < 1.29 is 5.11 Å². The number of nitrogens with zero attached hydrogens (tertiary/aromatic N) is 1. The predicted molar refractivity (Wildman–Crippen MR) is 90.3 cm³/mol. The van der Waals surface area contributed by atoms with Gasteiger partial charge in [-0.3, -0.25) is 0 Å². The average molecular weight is 375 g/mol. The Labute approximate surface area is 131 Å². The summed E-state index contributed by atoms with van der Waals surface area (Å²) in [5, 5.41) is 12.2. The predicted octanol–water partition coefficient (Wildman–Crippen LogP) is 2.29. The lowest BCUT2D eigenvalue weighted by molar-refractivity contribution is 0.264. The summed E-state index contributed by atoms with van der Waals surface area (Å²) in [4.78, 5) is 4.24. The van der Waals surface area contributed by atoms with Gasteiger partial charge in [0.15, 0.2) is 5.96 Å². The van der Waals surface area contributed by atoms with E-state index in [9.17, 15) is 0 Å². The van der Waals surface area contributed by atoms with Crippen LogP contribution in [0.4, 0.5) is 5.69 Å². The van der Waals surface area contributed by atoms with Gasteiger partial charge in [-0.05, 0) is 48.9 Å². The van der Waals surface area contributed by atoms with Crippen LogP contribution in [0.25, 0.3) is 0 Å². The van der Waals surface area contributed by atoms with Gasteiger partial charge in [0.2, 0.25) is 0 Å². The molecule has 1 aliphatic rings. The van der Waals surface area contributed by atoms with Crippen LogP contribution in [0.1, 0.15) is 30.9 Å². The molecule has 106 valence electrons. The van der Waals surface area contributed by atoms with Crippen LogP contribution in [0.2, 0.25) is 0 Å². The maximum absolute atomic E-state index is 9.08. The molecule has 4 N–H and O–H groups in total. The summed E-state index contributed by atoms with van der Waals surface area (Å²) < 4.78 is 0. The first-order valence-corrected chi connectivity index (χ1v) is 6.56. The Morgan fingerprint density at radius 2 is 2.16 bits per heavy atom. The van der Waals surface area contributed by atoms with E-state index >= 15 is 0 Å². The second-order valence-electron chi connectivity index (χ2n) is 4.72. The van der Waals surface area contributed by atoms with E-state index < -0.39 is 0 Å². The molecule has 0 saturated heterocycles. The van der Waals surface area contributed by atoms with E-state index in [0.29, 0.717) is 5.96 Å². The lowest BCUT2D eigenvalue weighted by Gasteiger charge is -2.11. The van der Waals surface area contributed by atoms with Crippen molar-refractivity contribution in [1.82, 2.24) is 0 Å². The molecule has 0 fully saturated rings. The highest BCUT2D eigenvalue weighted by molar-refractivity contribution is 14.0. The molecule has 0 spiro atoms. The van der Waals surface area contributed by atoms with Gasteiger partial charge in [-0.25, -0.2) is 4.99 Å². The van der Waals surface area contributed by atoms with Crippen molar-refractivity contribution in [3.05, 3.63) is 29.3 Å². The minimum absolute atomic E-state index is 0. The number of fused-ring (bicyclic) bond motifs is 1. The van der Waals surface area contributed by atoms with E-state index in [0.717, 1.165) is 18.5 Å². The number of aliphatic imine (C=N–C) groups is 1. The standard InChI is InChI=1S/C14H21N3O.HI/c1-2-12(9-18)16-14(15)17-13-7-6-10-4-3-5-11(10)8-13;/h6-8,12,18H,2-5,9H2,1H3,(H3,15,16,17);1H/t12-;/m1./s1. The molecule has 1 atom stereocenters. The summed E-state index contributed by atoms with van der Waals surface area (Å²) in [6.07, 6.45) is 4.35. The summed E-state index contributed by atoms with van der Waals surface area (Å²) in [6, 6.07) is 6.21. The van der Waals surface area contributed by atoms with Crippen LogP contribution in [-0.2, 0) is 12.8 Å². The molecule has 1 aliphatic carbocycles. The molecule has 0 amide bonds. The van der Waals surface area contributed by atoms with Gasteiger partial charge >= 0.3 is 0 Å². The third kappa shape index (κ3) is 4.35. The van der Waals surface area contributed by atoms with Gasteiger partial charge in [-0.2, -0.15) is 0 Å². The number of aliphatic hydroxyl groups is 1. The summed E-state index contributed by atoms with van der Waals surface area (Å²) in [5.74, 6) is 0.369. The van der Waals surface area contributed by atoms with Crippen LogP contribution in [0, 0.1) is 0 Å². The summed E-state index contributed by atoms with van der Waals surface area (Å²) >= 11 is 0. The van der Waals surface area contributed by atoms with Crippen molar-refractivity contribution in [3.63, 3.8) is 0 Å². The average Bonchev–Trinajstić information content (AvgIpc) is 2.83. The molecule has 5 heteroatoms. The Bertz CT molecular complexity index is 444. The fourth-order valence-corrected chi connectivity index (χ4v) is 2.29. The highest BCUT2D eigenvalue weighted by Crippen LogP contribution is 2.24. The zero-order valence-electron chi connectivity index (χ0n) is 11.2. The first-order valence-electron chi connectivity index (χ1n) is 6.56. The molecular weight excluding hydrogens is 353 g/mol. The molecule has 0 aliphatic heterocycles. The monoisotopic (exact) mass is 375 g/mol. The van der Waals surface area contributed by atoms with Crippen molar-refractivity contribution in [2.24, 2.45) is 10.7 Å². The van der Waals surface area contributed by atoms with E-state index in [1.165, 1.54) is 24.0 Å². The fraction of sp³-hybridized carbons (Fsp3) is 0.500. The number of halogens is 1. The zero-order chi connectivity index (χ0) is 13.0. The molecular formula is C14H22IN3O. The van der Waals surface area contributed by atoms with Crippen LogP contribution >= 0.6 is 24.0 Å². The Morgan fingerprint density at radius 3 is 2.84 bits per heavy atom. The first-order chi connectivity index (χ1) is 8.72. The van der Waals surface area contributed by atoms with Gasteiger partial charge in [0.25, 0.3) is 0 Å². The van der Waals surface area contributed by atoms with Crippen LogP contribution in [0.3, 0.4) is 0 Å². The normalized spacial score (nSPS) is 15.6. The van der Waals surface area contributed by atoms with Gasteiger partial charge in [0.05, 0.1) is 12.6 Å². The van der Waals surface area contributed by atoms with Crippen molar-refractivity contribution in [2.45, 2.75) is 38.6 Å². The summed E-state index contributed by atoms with van der Waals surface area (Å²) in [6.45, 7) is 2.01. The number of nitrogens with two attached hydrogens (primary N) is 1. The Kier molecular flexibility index (Phi) is 6.57. The van der Waals surface area contributed by atoms with E-state index in [-0.39, 0.29) is 36.6 Å². The fourth-order valence-electron chi connectivity index (χ4n) is 2.29. The highest BCUT2D eigenvalue weighted by atomic mass is 127. The van der Waals surface area contributed by atoms with Gasteiger partial charge in [-0.15, -0.1) is 24.0 Å². The molecule has 0 bridgehead atoms. The quantitative estimate of drug-likeness (QED) is 0.430. The maximum Gasteiger partial charge on any atom is 0.193 e. The second kappa shape index (κ2) is 7.69. The van der Waals surface area contributed by atoms with Crippen LogP contribution in [-0.4, -0.2) is 23.7 Å². The Morgan fingerprint density at radius 1 is 1.42 bits per heavy atom. The Hall–Kier alpha value is -0.820. The second-order valence-corrected chi connectivity index (χ2v) is 4.72. The van der Waals surface area contributed by atoms with Gasteiger partial charge in [-0.1, -0.05) is 13.0 Å². The topological polar surface area (TPSA) is 70.6 Å². The van der Waals surface area contributed by atoms with Crippen molar-refractivity contribution in [3.8, 4) is 0 Å². The number of guanidine groups is 1. The number of benzene rings is 1. The Balaban J connectivity index is 0.00000180. The molecule has 0 unspecified atom stereocenters. The van der Waals surface area contributed by atoms with Crippen molar-refractivity contribution >= 4 is 35.6 Å². The number of rotatable bonds is 4. The summed E-state index contributed by atoms with van der Waals surface area (Å²) in [7, 11) is 0. The maximum atomic E-state index is 9.08. The number of aliphatic hydroxyl groups excluding tert-OH is 1. The molecule has 0 radical (unpaired) electrons. The minimum atomic E-state index is -0.119. The SMILES string of the molecule is CC[C@H](CO)N=C(N)Nc1ccc2c(c1)CCC2.I. The highest BCUT2D eigenvalue weighted by Gasteiger charge is 2.11. The molecule has 0 aromatic heterocycles. The number of aryl methyl sites for hydroxylation is 2. The third-order valence-electron chi connectivity index (χ3n) is 3.37. The molecule has 0 saturated carbocycles. The molecule has 2 rings (SSSR count). The number of hydrogen-bond acceptors (Lipinski definition) is 2. The largest absolute Gasteiger partial charge is 0.394 e. The molecule has 1 aromatic rings. The van der Waals surface area contributed by atoms with Crippen molar-refractivity contribution in [2.75, 3.05) is 11.9 Å². The minimum Gasteiger partial charge on any atom is -0.394 e. The van der Waals surface area contributed by atoms with Crippen molar-refractivity contribution in [1.29, 1.82) is 0 Å². The number of anilines is 1. The number of hydrogen-bond donors (Lipinski definition) is 3. The lowest BCUT2D eigenvalue weighted by atomic mass is 10.1. The smallest absolute Gasteiger partial charge is 0.193 e. The van der Waals surface area contributed by atoms with Gasteiger partial charge < -0.3 is 16.2 Å². The first kappa shape index (κ1) is 16.2. The lowest BCUT2D eigenvalue weighted by Crippen LogP contribution is -2.26. The van der Waals surface area contributed by atoms with Gasteiger partial charge in [0.1, 0.15) is 0 Å². The van der Waals surface area contributed by atoms with Crippen LogP contribution < -0.4 is 11.1 Å². The van der Waals surface area contributed by atoms with E-state index in [2.05, 4.69) is 22.4 Å². The van der Waals surface area contributed by atoms with E-state index in [1.54, 1.807) is 0 Å². The molecule has 0 heterocycles. The van der Waals surface area contributed by atoms with Gasteiger partial charge in [0, 0.05) is 5.69 Å². The van der Waals surface area contributed by atoms with Crippen LogP contribution in [0.5, 0.6) is 0 Å². The number of nitrogens with one attached hydrogen (secondary N) is 1. The third-order valence-corrected chi connectivity index (χ3v) is 3.37. The van der Waals surface area contributed by atoms with Crippen LogP contribution in [0.15, 0.2) is 23.2 Å². The molecule has 19 heavy (non-hydrogen) atoms. The molecule has 1 aromatic carbocycles. The molecule has 4 nitrogen and oxygen atoms in total. The zero-order valence-corrected chi connectivity index (χ0v) is 13.6. The van der Waals surface area contributed by atoms with E-state index in [4.69, 9.17) is 10.8 Å². The summed E-state index contributed by atoms with van der Waals surface area (Å²) in [5.41, 5.74) is 9.65.